The second-order valence-corrected chi connectivity index (χ2v) is 12.0. The second kappa shape index (κ2) is 30.1. The molecular weight excluding hydrogens is 544 g/mol. The number of unbranched alkanes of at least 4 members (excludes halogenated alkanes) is 9. The van der Waals surface area contributed by atoms with Gasteiger partial charge in [-0.1, -0.05) is 115 Å². The maximum absolute atomic E-state index is 12.1. The van der Waals surface area contributed by atoms with Crippen molar-refractivity contribution in [2.24, 2.45) is 5.92 Å². The third kappa shape index (κ3) is 28.6. The lowest BCUT2D eigenvalue weighted by Gasteiger charge is -2.17. The van der Waals surface area contributed by atoms with E-state index >= 15 is 0 Å². The Balaban J connectivity index is 3.90. The van der Waals surface area contributed by atoms with Crippen molar-refractivity contribution in [1.29, 1.82) is 0 Å². The highest BCUT2D eigenvalue weighted by Gasteiger charge is 2.18. The SMILES string of the molecule is CCCCC/C=C\C/C=C\C/C=C\CC(O)C(O)CCCC(=O)O[C@@H](CO)COC(=O)CCCCCCCCCC(C)C. The highest BCUT2D eigenvalue weighted by Crippen LogP contribution is 2.13. The van der Waals surface area contributed by atoms with Gasteiger partial charge in [0.2, 0.25) is 0 Å². The normalized spacial score (nSPS) is 14.2. The van der Waals surface area contributed by atoms with Crippen LogP contribution >= 0.6 is 0 Å². The zero-order valence-corrected chi connectivity index (χ0v) is 27.6. The summed E-state index contributed by atoms with van der Waals surface area (Å²) >= 11 is 0. The fourth-order valence-electron chi connectivity index (χ4n) is 4.55. The average molecular weight is 609 g/mol. The first-order valence-electron chi connectivity index (χ1n) is 17.1. The minimum atomic E-state index is -0.940. The molecule has 0 aliphatic carbocycles. The summed E-state index contributed by atoms with van der Waals surface area (Å²) in [5.41, 5.74) is 0. The summed E-state index contributed by atoms with van der Waals surface area (Å²) in [6.45, 7) is 6.11. The predicted molar refractivity (Wildman–Crippen MR) is 176 cm³/mol. The summed E-state index contributed by atoms with van der Waals surface area (Å²) < 4.78 is 10.4. The third-order valence-corrected chi connectivity index (χ3v) is 7.32. The van der Waals surface area contributed by atoms with Gasteiger partial charge in [-0.25, -0.2) is 0 Å². The molecule has 0 fully saturated rings. The third-order valence-electron chi connectivity index (χ3n) is 7.32. The van der Waals surface area contributed by atoms with Crippen molar-refractivity contribution < 1.29 is 34.4 Å². The van der Waals surface area contributed by atoms with Crippen LogP contribution in [-0.2, 0) is 19.1 Å². The Morgan fingerprint density at radius 2 is 1.28 bits per heavy atom. The minimum absolute atomic E-state index is 0.0411. The molecule has 0 radical (unpaired) electrons. The molecule has 2 unspecified atom stereocenters. The van der Waals surface area contributed by atoms with Crippen molar-refractivity contribution in [2.45, 2.75) is 161 Å². The molecule has 0 bridgehead atoms. The first-order chi connectivity index (χ1) is 20.8. The lowest BCUT2D eigenvalue weighted by Crippen LogP contribution is -2.29. The van der Waals surface area contributed by atoms with E-state index in [0.29, 0.717) is 19.3 Å². The van der Waals surface area contributed by atoms with Gasteiger partial charge < -0.3 is 24.8 Å². The lowest BCUT2D eigenvalue weighted by molar-refractivity contribution is -0.161. The van der Waals surface area contributed by atoms with Gasteiger partial charge in [0.15, 0.2) is 6.10 Å². The minimum Gasteiger partial charge on any atom is -0.462 e. The molecule has 0 heterocycles. The van der Waals surface area contributed by atoms with Crippen molar-refractivity contribution in [3.8, 4) is 0 Å². The van der Waals surface area contributed by atoms with Gasteiger partial charge in [0.25, 0.3) is 0 Å². The van der Waals surface area contributed by atoms with E-state index in [1.54, 1.807) is 0 Å². The van der Waals surface area contributed by atoms with Crippen molar-refractivity contribution in [3.63, 3.8) is 0 Å². The van der Waals surface area contributed by atoms with E-state index in [4.69, 9.17) is 9.47 Å². The standard InChI is InChI=1S/C36H64O7/c1-4-5-6-7-8-9-10-11-12-15-18-21-25-33(38)34(39)26-23-28-36(41)43-32(29-37)30-42-35(40)27-22-19-16-13-14-17-20-24-31(2)3/h8-9,11-12,18,21,31-34,37-39H,4-7,10,13-17,19-20,22-30H2,1-3H3/b9-8-,12-11-,21-18-/t32-,33?,34?/m0/s1. The molecule has 0 aromatic carbocycles. The van der Waals surface area contributed by atoms with Gasteiger partial charge >= 0.3 is 11.9 Å². The smallest absolute Gasteiger partial charge is 0.306 e. The number of hydrogen-bond donors (Lipinski definition) is 3. The molecule has 3 atom stereocenters. The first kappa shape index (κ1) is 41.0. The number of aliphatic hydroxyl groups is 3. The zero-order valence-electron chi connectivity index (χ0n) is 27.6. The Labute approximate surface area is 262 Å². The van der Waals surface area contributed by atoms with Crippen LogP contribution in [0.4, 0.5) is 0 Å². The van der Waals surface area contributed by atoms with Crippen molar-refractivity contribution in [1.82, 2.24) is 0 Å². The van der Waals surface area contributed by atoms with Gasteiger partial charge in [0.1, 0.15) is 6.61 Å². The molecule has 0 aliphatic heterocycles. The van der Waals surface area contributed by atoms with Crippen molar-refractivity contribution in [2.75, 3.05) is 13.2 Å². The van der Waals surface area contributed by atoms with Gasteiger partial charge in [-0.05, 0) is 57.3 Å². The average Bonchev–Trinajstić information content (AvgIpc) is 2.98. The fourth-order valence-corrected chi connectivity index (χ4v) is 4.55. The highest BCUT2D eigenvalue weighted by atomic mass is 16.6. The number of esters is 2. The molecule has 0 spiro atoms. The molecule has 0 aromatic heterocycles. The Bertz CT molecular complexity index is 744. The van der Waals surface area contributed by atoms with Gasteiger partial charge in [-0.15, -0.1) is 0 Å². The Hall–Kier alpha value is -1.96. The molecule has 43 heavy (non-hydrogen) atoms. The number of carbonyl (C=O) groups excluding carboxylic acids is 2. The number of carbonyl (C=O) groups is 2. The zero-order chi connectivity index (χ0) is 32.0. The maximum Gasteiger partial charge on any atom is 0.306 e. The van der Waals surface area contributed by atoms with Crippen LogP contribution in [0, 0.1) is 5.92 Å². The molecule has 3 N–H and O–H groups in total. The van der Waals surface area contributed by atoms with E-state index in [1.807, 2.05) is 12.2 Å². The summed E-state index contributed by atoms with van der Waals surface area (Å²) in [6.07, 6.45) is 26.8. The number of allylic oxidation sites excluding steroid dienone is 5. The van der Waals surface area contributed by atoms with Crippen LogP contribution in [-0.4, -0.2) is 58.8 Å². The number of aliphatic hydroxyl groups excluding tert-OH is 3. The van der Waals surface area contributed by atoms with Crippen LogP contribution in [0.1, 0.15) is 143 Å². The molecule has 0 saturated carbocycles. The van der Waals surface area contributed by atoms with Crippen LogP contribution in [0.2, 0.25) is 0 Å². The molecular formula is C36H64O7. The van der Waals surface area contributed by atoms with E-state index < -0.39 is 30.9 Å². The van der Waals surface area contributed by atoms with Gasteiger partial charge in [0.05, 0.1) is 18.8 Å². The lowest BCUT2D eigenvalue weighted by atomic mass is 10.0. The topological polar surface area (TPSA) is 113 Å². The molecule has 7 heteroatoms. The van der Waals surface area contributed by atoms with E-state index in [1.165, 1.54) is 51.4 Å². The van der Waals surface area contributed by atoms with Gasteiger partial charge in [0, 0.05) is 12.8 Å². The van der Waals surface area contributed by atoms with Crippen LogP contribution in [0.25, 0.3) is 0 Å². The van der Waals surface area contributed by atoms with Crippen molar-refractivity contribution >= 4 is 11.9 Å². The van der Waals surface area contributed by atoms with Gasteiger partial charge in [-0.3, -0.25) is 9.59 Å². The Morgan fingerprint density at radius 1 is 0.674 bits per heavy atom. The number of rotatable bonds is 29. The summed E-state index contributed by atoms with van der Waals surface area (Å²) in [5.74, 6) is -0.112. The largest absolute Gasteiger partial charge is 0.462 e. The summed E-state index contributed by atoms with van der Waals surface area (Å²) in [7, 11) is 0. The predicted octanol–water partition coefficient (Wildman–Crippen LogP) is 7.91. The van der Waals surface area contributed by atoms with E-state index in [2.05, 4.69) is 45.1 Å². The van der Waals surface area contributed by atoms with E-state index in [-0.39, 0.29) is 25.4 Å². The van der Waals surface area contributed by atoms with E-state index in [0.717, 1.165) is 44.4 Å². The van der Waals surface area contributed by atoms with Crippen LogP contribution < -0.4 is 0 Å². The first-order valence-corrected chi connectivity index (χ1v) is 17.1. The molecule has 7 nitrogen and oxygen atoms in total. The molecule has 0 aliphatic rings. The summed E-state index contributed by atoms with van der Waals surface area (Å²) in [6, 6.07) is 0. The van der Waals surface area contributed by atoms with Crippen molar-refractivity contribution in [3.05, 3.63) is 36.5 Å². The highest BCUT2D eigenvalue weighted by molar-refractivity contribution is 5.70. The van der Waals surface area contributed by atoms with Gasteiger partial charge in [-0.2, -0.15) is 0 Å². The summed E-state index contributed by atoms with van der Waals surface area (Å²) in [5, 5.41) is 29.9. The molecule has 0 saturated heterocycles. The Morgan fingerprint density at radius 3 is 1.93 bits per heavy atom. The maximum atomic E-state index is 12.1. The summed E-state index contributed by atoms with van der Waals surface area (Å²) in [4.78, 5) is 24.1. The van der Waals surface area contributed by atoms with E-state index in [9.17, 15) is 24.9 Å². The quantitative estimate of drug-likeness (QED) is 0.0449. The molecule has 250 valence electrons. The van der Waals surface area contributed by atoms with Crippen LogP contribution in [0.3, 0.4) is 0 Å². The molecule has 0 amide bonds. The Kier molecular flexibility index (Phi) is 28.7. The van der Waals surface area contributed by atoms with Crippen LogP contribution in [0.15, 0.2) is 36.5 Å². The number of ether oxygens (including phenoxy) is 2. The second-order valence-electron chi connectivity index (χ2n) is 12.0. The number of hydrogen-bond acceptors (Lipinski definition) is 7. The molecule has 0 rings (SSSR count). The monoisotopic (exact) mass is 608 g/mol. The van der Waals surface area contributed by atoms with Crippen LogP contribution in [0.5, 0.6) is 0 Å². The molecule has 0 aromatic rings. The fraction of sp³-hybridized carbons (Fsp3) is 0.778.